The summed E-state index contributed by atoms with van der Waals surface area (Å²) >= 11 is 0. The maximum absolute atomic E-state index is 12.1. The lowest BCUT2D eigenvalue weighted by Gasteiger charge is -2.31. The highest BCUT2D eigenvalue weighted by atomic mass is 16.1. The molecule has 0 saturated heterocycles. The first-order valence-corrected chi connectivity index (χ1v) is 5.22. The van der Waals surface area contributed by atoms with E-state index in [1.54, 1.807) is 0 Å². The monoisotopic (exact) mass is 178 g/mol. The summed E-state index contributed by atoms with van der Waals surface area (Å²) in [6.07, 6.45) is 7.61. The summed E-state index contributed by atoms with van der Waals surface area (Å²) in [6.45, 7) is 6.25. The number of carbonyl (C=O) groups is 1. The van der Waals surface area contributed by atoms with Crippen molar-refractivity contribution in [1.29, 1.82) is 0 Å². The van der Waals surface area contributed by atoms with E-state index in [0.29, 0.717) is 11.7 Å². The van der Waals surface area contributed by atoms with Crippen LogP contribution >= 0.6 is 0 Å². The number of allylic oxidation sites excluding steroid dienone is 2. The maximum Gasteiger partial charge on any atom is 0.148 e. The minimum Gasteiger partial charge on any atom is -0.298 e. The molecule has 0 amide bonds. The Balaban J connectivity index is 2.40. The van der Waals surface area contributed by atoms with E-state index < -0.39 is 0 Å². The molecule has 2 bridgehead atoms. The van der Waals surface area contributed by atoms with Crippen LogP contribution < -0.4 is 0 Å². The maximum atomic E-state index is 12.1. The van der Waals surface area contributed by atoms with Crippen molar-refractivity contribution in [1.82, 2.24) is 0 Å². The third-order valence-corrected chi connectivity index (χ3v) is 4.09. The Kier molecular flexibility index (Phi) is 1.70. The van der Waals surface area contributed by atoms with Crippen LogP contribution in [-0.2, 0) is 4.79 Å². The highest BCUT2D eigenvalue weighted by Gasteiger charge is 2.59. The molecule has 0 unspecified atom stereocenters. The van der Waals surface area contributed by atoms with Gasteiger partial charge in [-0.15, -0.1) is 0 Å². The summed E-state index contributed by atoms with van der Waals surface area (Å²) in [7, 11) is 0. The summed E-state index contributed by atoms with van der Waals surface area (Å²) in [5.41, 5.74) is -0.124. The van der Waals surface area contributed by atoms with Gasteiger partial charge in [-0.1, -0.05) is 26.0 Å². The standard InChI is InChI=1S/C12H18O/c1-4-6-12-7-5-9(8-12)11(2,3)10(12)13/h4,6,9H,5,7-8H2,1-3H3/b6-4+/t9-,12+/m0/s1. The van der Waals surface area contributed by atoms with Gasteiger partial charge >= 0.3 is 0 Å². The van der Waals surface area contributed by atoms with E-state index >= 15 is 0 Å². The molecule has 2 fully saturated rings. The summed E-state index contributed by atoms with van der Waals surface area (Å²) in [5.74, 6) is 1.12. The van der Waals surface area contributed by atoms with Crippen molar-refractivity contribution in [2.75, 3.05) is 0 Å². The zero-order valence-corrected chi connectivity index (χ0v) is 8.76. The van der Waals surface area contributed by atoms with E-state index in [-0.39, 0.29) is 10.8 Å². The quantitative estimate of drug-likeness (QED) is 0.564. The topological polar surface area (TPSA) is 17.1 Å². The van der Waals surface area contributed by atoms with Gasteiger partial charge in [0.1, 0.15) is 5.78 Å². The smallest absolute Gasteiger partial charge is 0.148 e. The van der Waals surface area contributed by atoms with Crippen LogP contribution in [0.3, 0.4) is 0 Å². The summed E-state index contributed by atoms with van der Waals surface area (Å²) in [5, 5.41) is 0. The Morgan fingerprint density at radius 2 is 2.15 bits per heavy atom. The van der Waals surface area contributed by atoms with Crippen LogP contribution in [0.2, 0.25) is 0 Å². The normalized spacial score (nSPS) is 42.1. The van der Waals surface area contributed by atoms with Crippen LogP contribution in [0, 0.1) is 16.7 Å². The van der Waals surface area contributed by atoms with Crippen molar-refractivity contribution in [3.8, 4) is 0 Å². The molecular formula is C12H18O. The first-order chi connectivity index (χ1) is 6.03. The lowest BCUT2D eigenvalue weighted by atomic mass is 9.71. The molecule has 0 aromatic heterocycles. The fourth-order valence-electron chi connectivity index (χ4n) is 3.27. The van der Waals surface area contributed by atoms with Gasteiger partial charge in [0.2, 0.25) is 0 Å². The molecule has 2 saturated carbocycles. The number of Topliss-reactive ketones (excluding diaryl/α,β-unsaturated/α-hetero) is 1. The Morgan fingerprint density at radius 3 is 2.62 bits per heavy atom. The van der Waals surface area contributed by atoms with Crippen molar-refractivity contribution in [2.24, 2.45) is 16.7 Å². The minimum atomic E-state index is -0.0666. The highest BCUT2D eigenvalue weighted by Crippen LogP contribution is 2.60. The molecule has 2 aliphatic rings. The lowest BCUT2D eigenvalue weighted by Crippen LogP contribution is -2.35. The average molecular weight is 178 g/mol. The lowest BCUT2D eigenvalue weighted by molar-refractivity contribution is -0.133. The van der Waals surface area contributed by atoms with Crippen molar-refractivity contribution in [3.05, 3.63) is 12.2 Å². The van der Waals surface area contributed by atoms with Crippen molar-refractivity contribution >= 4 is 5.78 Å². The molecule has 2 aliphatic carbocycles. The molecule has 1 heteroatoms. The Hall–Kier alpha value is -0.590. The molecule has 0 N–H and O–H groups in total. The van der Waals surface area contributed by atoms with Gasteiger partial charge in [-0.2, -0.15) is 0 Å². The first kappa shape index (κ1) is 8.98. The van der Waals surface area contributed by atoms with Gasteiger partial charge < -0.3 is 0 Å². The van der Waals surface area contributed by atoms with Gasteiger partial charge in [0.25, 0.3) is 0 Å². The van der Waals surface area contributed by atoms with E-state index in [0.717, 1.165) is 12.8 Å². The molecule has 1 nitrogen and oxygen atoms in total. The van der Waals surface area contributed by atoms with E-state index in [9.17, 15) is 4.79 Å². The highest BCUT2D eigenvalue weighted by molar-refractivity contribution is 5.94. The van der Waals surface area contributed by atoms with Gasteiger partial charge in [-0.25, -0.2) is 0 Å². The summed E-state index contributed by atoms with van der Waals surface area (Å²) in [6, 6.07) is 0. The van der Waals surface area contributed by atoms with E-state index in [4.69, 9.17) is 0 Å². The molecule has 72 valence electrons. The van der Waals surface area contributed by atoms with Gasteiger partial charge in [-0.05, 0) is 32.1 Å². The van der Waals surface area contributed by atoms with Gasteiger partial charge in [-0.3, -0.25) is 4.79 Å². The Bertz CT molecular complexity index is 275. The second-order valence-corrected chi connectivity index (χ2v) is 5.15. The third kappa shape index (κ3) is 0.962. The van der Waals surface area contributed by atoms with Crippen molar-refractivity contribution in [3.63, 3.8) is 0 Å². The molecule has 13 heavy (non-hydrogen) atoms. The number of ketones is 1. The molecule has 0 aromatic rings. The second kappa shape index (κ2) is 2.46. The molecule has 0 spiro atoms. The average Bonchev–Trinajstić information content (AvgIpc) is 2.55. The Morgan fingerprint density at radius 1 is 1.46 bits per heavy atom. The van der Waals surface area contributed by atoms with E-state index in [1.807, 2.05) is 13.0 Å². The first-order valence-electron chi connectivity index (χ1n) is 5.22. The SMILES string of the molecule is C/C=C/[C@@]12CC[C@@H](C1)C(C)(C)C2=O. The van der Waals surface area contributed by atoms with Crippen LogP contribution in [0.4, 0.5) is 0 Å². The van der Waals surface area contributed by atoms with Crippen LogP contribution in [0.25, 0.3) is 0 Å². The fourth-order valence-corrected chi connectivity index (χ4v) is 3.27. The minimum absolute atomic E-state index is 0.0578. The van der Waals surface area contributed by atoms with Crippen LogP contribution in [0.1, 0.15) is 40.0 Å². The number of hydrogen-bond acceptors (Lipinski definition) is 1. The number of rotatable bonds is 1. The van der Waals surface area contributed by atoms with Gasteiger partial charge in [0.05, 0.1) is 0 Å². The molecular weight excluding hydrogens is 160 g/mol. The Labute approximate surface area is 80.2 Å². The van der Waals surface area contributed by atoms with Crippen molar-refractivity contribution < 1.29 is 4.79 Å². The van der Waals surface area contributed by atoms with Crippen LogP contribution in [0.5, 0.6) is 0 Å². The molecule has 0 radical (unpaired) electrons. The molecule has 2 rings (SSSR count). The third-order valence-electron chi connectivity index (χ3n) is 4.09. The second-order valence-electron chi connectivity index (χ2n) is 5.15. The van der Waals surface area contributed by atoms with Crippen LogP contribution in [0.15, 0.2) is 12.2 Å². The zero-order chi connectivity index (χ0) is 9.69. The molecule has 0 heterocycles. The van der Waals surface area contributed by atoms with Crippen molar-refractivity contribution in [2.45, 2.75) is 40.0 Å². The predicted molar refractivity (Wildman–Crippen MR) is 53.4 cm³/mol. The number of fused-ring (bicyclic) bond motifs is 2. The zero-order valence-electron chi connectivity index (χ0n) is 8.76. The van der Waals surface area contributed by atoms with E-state index in [2.05, 4.69) is 19.9 Å². The number of hydrogen-bond donors (Lipinski definition) is 0. The molecule has 0 aliphatic heterocycles. The van der Waals surface area contributed by atoms with Crippen LogP contribution in [-0.4, -0.2) is 5.78 Å². The largest absolute Gasteiger partial charge is 0.298 e. The molecule has 2 atom stereocenters. The van der Waals surface area contributed by atoms with Gasteiger partial charge in [0.15, 0.2) is 0 Å². The summed E-state index contributed by atoms with van der Waals surface area (Å²) in [4.78, 5) is 12.1. The molecule has 0 aromatic carbocycles. The van der Waals surface area contributed by atoms with Gasteiger partial charge in [0, 0.05) is 10.8 Å². The van der Waals surface area contributed by atoms with E-state index in [1.165, 1.54) is 6.42 Å². The fraction of sp³-hybridized carbons (Fsp3) is 0.750. The predicted octanol–water partition coefficient (Wildman–Crippen LogP) is 2.96. The summed E-state index contributed by atoms with van der Waals surface area (Å²) < 4.78 is 0. The number of carbonyl (C=O) groups excluding carboxylic acids is 1.